The summed E-state index contributed by atoms with van der Waals surface area (Å²) in [5.74, 6) is 0.261. The van der Waals surface area contributed by atoms with Gasteiger partial charge in [-0.3, -0.25) is 0 Å². The average Bonchev–Trinajstić information content (AvgIpc) is 3.44. The number of hydrogen-bond donors (Lipinski definition) is 2. The lowest BCUT2D eigenvalue weighted by Gasteiger charge is -2.39. The number of nitrogens with zero attached hydrogens (tertiary/aromatic N) is 1. The van der Waals surface area contributed by atoms with Gasteiger partial charge in [-0.15, -0.1) is 0 Å². The Morgan fingerprint density at radius 2 is 1.75 bits per heavy atom. The minimum Gasteiger partial charge on any atom is -0.397 e. The van der Waals surface area contributed by atoms with Crippen LogP contribution in [0.25, 0.3) is 0 Å². The molecule has 0 aromatic heterocycles. The highest BCUT2D eigenvalue weighted by atomic mass is 19.1. The van der Waals surface area contributed by atoms with Crippen LogP contribution in [-0.4, -0.2) is 43.3 Å². The number of rotatable bonds is 4. The zero-order valence-corrected chi connectivity index (χ0v) is 14.3. The second kappa shape index (κ2) is 6.89. The maximum Gasteiger partial charge on any atom is 0.128 e. The third kappa shape index (κ3) is 3.52. The van der Waals surface area contributed by atoms with Gasteiger partial charge in [-0.2, -0.15) is 0 Å². The Balaban J connectivity index is 1.36. The average molecular weight is 333 g/mol. The van der Waals surface area contributed by atoms with Crippen molar-refractivity contribution in [1.29, 1.82) is 0 Å². The van der Waals surface area contributed by atoms with Crippen LogP contribution in [0.3, 0.4) is 0 Å². The molecule has 2 saturated heterocycles. The fourth-order valence-electron chi connectivity index (χ4n) is 4.12. The molecule has 1 aliphatic carbocycles. The van der Waals surface area contributed by atoms with E-state index in [1.165, 1.54) is 6.07 Å². The van der Waals surface area contributed by atoms with E-state index >= 15 is 0 Å². The van der Waals surface area contributed by atoms with Crippen LogP contribution in [0, 0.1) is 5.82 Å². The molecule has 132 valence electrons. The predicted molar refractivity (Wildman–Crippen MR) is 94.8 cm³/mol. The van der Waals surface area contributed by atoms with Crippen molar-refractivity contribution in [2.75, 3.05) is 37.4 Å². The number of benzene rings is 1. The van der Waals surface area contributed by atoms with Crippen molar-refractivity contribution in [3.05, 3.63) is 23.5 Å². The molecule has 1 aromatic carbocycles. The van der Waals surface area contributed by atoms with Crippen LogP contribution in [0.4, 0.5) is 15.8 Å². The lowest BCUT2D eigenvalue weighted by atomic mass is 9.99. The van der Waals surface area contributed by atoms with E-state index in [0.717, 1.165) is 76.1 Å². The number of nitrogens with one attached hydrogen (secondary N) is 1. The van der Waals surface area contributed by atoms with Crippen molar-refractivity contribution in [2.45, 2.75) is 56.5 Å². The molecule has 0 amide bonds. The van der Waals surface area contributed by atoms with Gasteiger partial charge in [-0.1, -0.05) is 0 Å². The van der Waals surface area contributed by atoms with Crippen LogP contribution in [0.15, 0.2) is 12.1 Å². The van der Waals surface area contributed by atoms with Crippen LogP contribution in [-0.2, 0) is 4.74 Å². The summed E-state index contributed by atoms with van der Waals surface area (Å²) in [7, 11) is 0. The van der Waals surface area contributed by atoms with E-state index in [1.54, 1.807) is 0 Å². The first-order valence-corrected chi connectivity index (χ1v) is 9.38. The zero-order valence-electron chi connectivity index (χ0n) is 14.3. The number of hydrogen-bond acceptors (Lipinski definition) is 4. The van der Waals surface area contributed by atoms with Gasteiger partial charge in [-0.25, -0.2) is 4.39 Å². The largest absolute Gasteiger partial charge is 0.397 e. The Morgan fingerprint density at radius 1 is 1.04 bits per heavy atom. The van der Waals surface area contributed by atoms with E-state index in [0.29, 0.717) is 23.7 Å². The first-order chi connectivity index (χ1) is 11.7. The Kier molecular flexibility index (Phi) is 4.63. The second-order valence-electron chi connectivity index (χ2n) is 7.53. The molecule has 4 nitrogen and oxygen atoms in total. The minimum absolute atomic E-state index is 0.144. The predicted octanol–water partition coefficient (Wildman–Crippen LogP) is 3.34. The van der Waals surface area contributed by atoms with Crippen LogP contribution in [0.5, 0.6) is 0 Å². The third-order valence-corrected chi connectivity index (χ3v) is 5.78. The molecule has 2 aliphatic heterocycles. The van der Waals surface area contributed by atoms with Crippen molar-refractivity contribution in [1.82, 2.24) is 4.90 Å². The van der Waals surface area contributed by atoms with Crippen molar-refractivity contribution in [3.63, 3.8) is 0 Å². The monoisotopic (exact) mass is 333 g/mol. The summed E-state index contributed by atoms with van der Waals surface area (Å²) < 4.78 is 19.5. The summed E-state index contributed by atoms with van der Waals surface area (Å²) in [4.78, 5) is 2.62. The van der Waals surface area contributed by atoms with Gasteiger partial charge in [0.2, 0.25) is 0 Å². The van der Waals surface area contributed by atoms with Gasteiger partial charge >= 0.3 is 0 Å². The lowest BCUT2D eigenvalue weighted by molar-refractivity contribution is 0.0262. The molecule has 0 unspecified atom stereocenters. The van der Waals surface area contributed by atoms with Crippen molar-refractivity contribution in [3.8, 4) is 0 Å². The summed E-state index contributed by atoms with van der Waals surface area (Å²) >= 11 is 0. The Morgan fingerprint density at radius 3 is 2.42 bits per heavy atom. The second-order valence-corrected chi connectivity index (χ2v) is 7.53. The summed E-state index contributed by atoms with van der Waals surface area (Å²) in [6.45, 7) is 4.05. The Labute approximate surface area is 143 Å². The van der Waals surface area contributed by atoms with Gasteiger partial charge in [0, 0.05) is 38.4 Å². The molecule has 0 radical (unpaired) electrons. The highest BCUT2D eigenvalue weighted by molar-refractivity contribution is 5.68. The number of halogens is 1. The van der Waals surface area contributed by atoms with Gasteiger partial charge in [0.15, 0.2) is 0 Å². The van der Waals surface area contributed by atoms with E-state index in [4.69, 9.17) is 10.5 Å². The molecule has 0 bridgehead atoms. The molecule has 3 N–H and O–H groups in total. The number of anilines is 2. The highest BCUT2D eigenvalue weighted by Gasteiger charge is 2.29. The number of likely N-dealkylation sites (tertiary alicyclic amines) is 1. The van der Waals surface area contributed by atoms with Crippen molar-refractivity contribution >= 4 is 11.4 Å². The van der Waals surface area contributed by atoms with Gasteiger partial charge in [-0.05, 0) is 62.1 Å². The summed E-state index contributed by atoms with van der Waals surface area (Å²) in [5.41, 5.74) is 8.34. The Bertz CT molecular complexity index is 576. The van der Waals surface area contributed by atoms with Crippen LogP contribution in [0.2, 0.25) is 0 Å². The molecule has 24 heavy (non-hydrogen) atoms. The summed E-state index contributed by atoms with van der Waals surface area (Å²) in [6.07, 6.45) is 6.76. The van der Waals surface area contributed by atoms with Crippen LogP contribution >= 0.6 is 0 Å². The van der Waals surface area contributed by atoms with E-state index in [-0.39, 0.29) is 5.82 Å². The highest BCUT2D eigenvalue weighted by Crippen LogP contribution is 2.43. The maximum absolute atomic E-state index is 14.0. The Hall–Kier alpha value is -1.33. The number of piperidine rings is 1. The smallest absolute Gasteiger partial charge is 0.128 e. The molecule has 1 aromatic rings. The van der Waals surface area contributed by atoms with E-state index in [1.807, 2.05) is 6.07 Å². The standard InChI is InChI=1S/C19H28FN3O/c20-17-12-18(21)19(11-16(17)13-1-2-13)22-14-3-7-23(8-4-14)15-5-9-24-10-6-15/h11-15,22H,1-10,21H2. The normalized spacial score (nSPS) is 24.2. The molecule has 5 heteroatoms. The fraction of sp³-hybridized carbons (Fsp3) is 0.684. The van der Waals surface area contributed by atoms with E-state index < -0.39 is 0 Å². The molecule has 0 spiro atoms. The van der Waals surface area contributed by atoms with Gasteiger partial charge < -0.3 is 20.7 Å². The first kappa shape index (κ1) is 16.2. The molecule has 2 heterocycles. The van der Waals surface area contributed by atoms with Gasteiger partial charge in [0.25, 0.3) is 0 Å². The maximum atomic E-state index is 14.0. The van der Waals surface area contributed by atoms with Crippen LogP contribution < -0.4 is 11.1 Å². The molecule has 4 rings (SSSR count). The van der Waals surface area contributed by atoms with Crippen LogP contribution in [0.1, 0.15) is 50.0 Å². The summed E-state index contributed by atoms with van der Waals surface area (Å²) in [6, 6.07) is 4.57. The lowest BCUT2D eigenvalue weighted by Crippen LogP contribution is -2.46. The summed E-state index contributed by atoms with van der Waals surface area (Å²) in [5, 5.41) is 3.58. The van der Waals surface area contributed by atoms with Crippen molar-refractivity contribution in [2.24, 2.45) is 0 Å². The van der Waals surface area contributed by atoms with E-state index in [9.17, 15) is 4.39 Å². The molecule has 3 fully saturated rings. The number of nitrogens with two attached hydrogens (primary N) is 1. The van der Waals surface area contributed by atoms with Crippen molar-refractivity contribution < 1.29 is 9.13 Å². The third-order valence-electron chi connectivity index (χ3n) is 5.78. The van der Waals surface area contributed by atoms with E-state index in [2.05, 4.69) is 10.2 Å². The number of nitrogen functional groups attached to an aromatic ring is 1. The zero-order chi connectivity index (χ0) is 16.5. The molecule has 0 atom stereocenters. The number of ether oxygens (including phenoxy) is 1. The molecule has 3 aliphatic rings. The quantitative estimate of drug-likeness (QED) is 0.830. The SMILES string of the molecule is Nc1cc(F)c(C2CC2)cc1NC1CCN(C2CCOCC2)CC1. The molecular formula is C19H28FN3O. The minimum atomic E-state index is -0.144. The van der Waals surface area contributed by atoms with Gasteiger partial charge in [0.05, 0.1) is 11.4 Å². The van der Waals surface area contributed by atoms with Gasteiger partial charge in [0.1, 0.15) is 5.82 Å². The molecular weight excluding hydrogens is 305 g/mol. The topological polar surface area (TPSA) is 50.5 Å². The fourth-order valence-corrected chi connectivity index (χ4v) is 4.12. The molecule has 1 saturated carbocycles. The first-order valence-electron chi connectivity index (χ1n) is 9.38.